The minimum atomic E-state index is -0.454. The predicted molar refractivity (Wildman–Crippen MR) is 40.7 cm³/mol. The van der Waals surface area contributed by atoms with Crippen LogP contribution in [0.5, 0.6) is 0 Å². The van der Waals surface area contributed by atoms with E-state index in [2.05, 4.69) is 11.5 Å². The van der Waals surface area contributed by atoms with Crippen LogP contribution in [0.2, 0.25) is 0 Å². The zero-order chi connectivity index (χ0) is 8.57. The molecule has 0 fully saturated rings. The summed E-state index contributed by atoms with van der Waals surface area (Å²) in [6.07, 6.45) is -0.454. The summed E-state index contributed by atoms with van der Waals surface area (Å²) in [5.74, 6) is 0. The van der Waals surface area contributed by atoms with E-state index in [1.54, 1.807) is 6.92 Å². The van der Waals surface area contributed by atoms with Gasteiger partial charge < -0.3 is 5.11 Å². The molecule has 0 heterocycles. The second-order valence-electron chi connectivity index (χ2n) is 2.31. The van der Waals surface area contributed by atoms with Crippen LogP contribution in [0, 0.1) is 0 Å². The Morgan fingerprint density at radius 1 is 1.60 bits per heavy atom. The van der Waals surface area contributed by atoms with E-state index < -0.39 is 6.10 Å². The summed E-state index contributed by atoms with van der Waals surface area (Å²) in [4.78, 5) is 3.65. The third kappa shape index (κ3) is 25.5. The van der Waals surface area contributed by atoms with Crippen LogP contribution < -0.4 is 0 Å². The fourth-order valence-electron chi connectivity index (χ4n) is 0.0333. The van der Waals surface area contributed by atoms with Gasteiger partial charge in [-0.3, -0.25) is 5.26 Å². The van der Waals surface area contributed by atoms with Gasteiger partial charge in [-0.25, -0.2) is 4.89 Å². The molecule has 0 aromatic rings. The molecule has 0 aliphatic heterocycles. The van der Waals surface area contributed by atoms with Gasteiger partial charge in [0.15, 0.2) is 0 Å². The highest BCUT2D eigenvalue weighted by atomic mass is 17.1. The van der Waals surface area contributed by atoms with Crippen LogP contribution in [0.3, 0.4) is 0 Å². The van der Waals surface area contributed by atoms with Crippen molar-refractivity contribution in [2.75, 3.05) is 6.61 Å². The van der Waals surface area contributed by atoms with Gasteiger partial charge in [-0.05, 0) is 20.8 Å². The van der Waals surface area contributed by atoms with Crippen molar-refractivity contribution in [3.8, 4) is 0 Å². The Morgan fingerprint density at radius 2 is 1.90 bits per heavy atom. The second-order valence-corrected chi connectivity index (χ2v) is 2.31. The number of rotatable bonds is 2. The molecule has 0 aromatic heterocycles. The van der Waals surface area contributed by atoms with Gasteiger partial charge in [-0.2, -0.15) is 0 Å². The summed E-state index contributed by atoms with van der Waals surface area (Å²) in [6.45, 7) is 8.91. The van der Waals surface area contributed by atoms with Crippen molar-refractivity contribution in [3.05, 3.63) is 12.2 Å². The Hall–Kier alpha value is -0.380. The molecule has 0 spiro atoms. The third-order valence-electron chi connectivity index (χ3n) is 0.437. The molecule has 0 aliphatic rings. The van der Waals surface area contributed by atoms with Gasteiger partial charge in [0, 0.05) is 0 Å². The van der Waals surface area contributed by atoms with E-state index in [1.807, 2.05) is 13.8 Å². The molecule has 0 rings (SSSR count). The Balaban J connectivity index is 0. The molecule has 2 N–H and O–H groups in total. The maximum Gasteiger partial charge on any atom is 0.113 e. The Morgan fingerprint density at radius 3 is 1.90 bits per heavy atom. The SMILES string of the molecule is C=C(C)C.CC(CO)OO. The van der Waals surface area contributed by atoms with Crippen molar-refractivity contribution in [2.45, 2.75) is 26.9 Å². The molecular formula is C7H16O3. The first-order valence-corrected chi connectivity index (χ1v) is 3.07. The number of hydrogen-bond donors (Lipinski definition) is 2. The fourth-order valence-corrected chi connectivity index (χ4v) is 0.0333. The molecule has 0 saturated heterocycles. The van der Waals surface area contributed by atoms with E-state index in [0.717, 1.165) is 0 Å². The van der Waals surface area contributed by atoms with Crippen molar-refractivity contribution >= 4 is 0 Å². The van der Waals surface area contributed by atoms with Crippen LogP contribution in [-0.4, -0.2) is 23.1 Å². The largest absolute Gasteiger partial charge is 0.394 e. The molecule has 10 heavy (non-hydrogen) atoms. The topological polar surface area (TPSA) is 49.7 Å². The van der Waals surface area contributed by atoms with Crippen LogP contribution in [0.15, 0.2) is 12.2 Å². The predicted octanol–water partition coefficient (Wildman–Crippen LogP) is 1.44. The van der Waals surface area contributed by atoms with Crippen LogP contribution in [0.25, 0.3) is 0 Å². The van der Waals surface area contributed by atoms with Gasteiger partial charge in [0.05, 0.1) is 6.61 Å². The molecule has 1 unspecified atom stereocenters. The van der Waals surface area contributed by atoms with Gasteiger partial charge in [-0.15, -0.1) is 6.58 Å². The number of aliphatic hydroxyl groups is 1. The van der Waals surface area contributed by atoms with Crippen LogP contribution in [0.1, 0.15) is 20.8 Å². The lowest BCUT2D eigenvalue weighted by molar-refractivity contribution is -0.279. The average molecular weight is 148 g/mol. The van der Waals surface area contributed by atoms with E-state index in [0.29, 0.717) is 0 Å². The van der Waals surface area contributed by atoms with Gasteiger partial charge in [0.2, 0.25) is 0 Å². The molecule has 0 aliphatic carbocycles. The average Bonchev–Trinajstić information content (AvgIpc) is 1.85. The van der Waals surface area contributed by atoms with E-state index in [9.17, 15) is 0 Å². The molecule has 62 valence electrons. The zero-order valence-corrected chi connectivity index (χ0v) is 6.79. The summed E-state index contributed by atoms with van der Waals surface area (Å²) < 4.78 is 0. The van der Waals surface area contributed by atoms with Crippen molar-refractivity contribution in [3.63, 3.8) is 0 Å². The molecule has 0 bridgehead atoms. The number of aliphatic hydroxyl groups excluding tert-OH is 1. The molecule has 1 atom stereocenters. The lowest BCUT2D eigenvalue weighted by atomic mass is 10.4. The van der Waals surface area contributed by atoms with Crippen LogP contribution >= 0.6 is 0 Å². The third-order valence-corrected chi connectivity index (χ3v) is 0.437. The normalized spacial score (nSPS) is 11.3. The molecule has 3 nitrogen and oxygen atoms in total. The van der Waals surface area contributed by atoms with E-state index in [-0.39, 0.29) is 6.61 Å². The fraction of sp³-hybridized carbons (Fsp3) is 0.714. The lowest BCUT2D eigenvalue weighted by Gasteiger charge is -1.97. The highest BCUT2D eigenvalue weighted by Crippen LogP contribution is 1.79. The van der Waals surface area contributed by atoms with Crippen LogP contribution in [-0.2, 0) is 4.89 Å². The first kappa shape index (κ1) is 12.3. The standard InChI is InChI=1S/C4H8.C3H8O3/c1-4(2)3;1-3(2-4)6-5/h1H2,2-3H3;3-5H,2H2,1H3. The van der Waals surface area contributed by atoms with E-state index >= 15 is 0 Å². The van der Waals surface area contributed by atoms with Crippen LogP contribution in [0.4, 0.5) is 0 Å². The van der Waals surface area contributed by atoms with E-state index in [1.165, 1.54) is 5.57 Å². The monoisotopic (exact) mass is 148 g/mol. The van der Waals surface area contributed by atoms with Gasteiger partial charge in [0.1, 0.15) is 6.10 Å². The molecule has 0 amide bonds. The maximum atomic E-state index is 8.05. The summed E-state index contributed by atoms with van der Waals surface area (Å²) in [5.41, 5.74) is 1.17. The Bertz CT molecular complexity index is 72.9. The summed E-state index contributed by atoms with van der Waals surface area (Å²) >= 11 is 0. The van der Waals surface area contributed by atoms with Crippen molar-refractivity contribution in [2.24, 2.45) is 0 Å². The van der Waals surface area contributed by atoms with Crippen molar-refractivity contribution < 1.29 is 15.3 Å². The maximum absolute atomic E-state index is 8.05. The molecule has 0 saturated carbocycles. The minimum Gasteiger partial charge on any atom is -0.394 e. The summed E-state index contributed by atoms with van der Waals surface area (Å²) in [5, 5.41) is 15.7. The van der Waals surface area contributed by atoms with E-state index in [4.69, 9.17) is 10.4 Å². The molecule has 3 heteroatoms. The highest BCUT2D eigenvalue weighted by molar-refractivity contribution is 4.78. The molecule has 0 radical (unpaired) electrons. The van der Waals surface area contributed by atoms with Crippen molar-refractivity contribution in [1.82, 2.24) is 0 Å². The van der Waals surface area contributed by atoms with Crippen molar-refractivity contribution in [1.29, 1.82) is 0 Å². The quantitative estimate of drug-likeness (QED) is 0.354. The lowest BCUT2D eigenvalue weighted by Crippen LogP contribution is -2.09. The van der Waals surface area contributed by atoms with Gasteiger partial charge in [0.25, 0.3) is 0 Å². The first-order chi connectivity index (χ1) is 4.54. The number of hydrogen-bond acceptors (Lipinski definition) is 3. The molecule has 0 aromatic carbocycles. The minimum absolute atomic E-state index is 0.142. The summed E-state index contributed by atoms with van der Waals surface area (Å²) in [7, 11) is 0. The number of allylic oxidation sites excluding steroid dienone is 1. The smallest absolute Gasteiger partial charge is 0.113 e. The highest BCUT2D eigenvalue weighted by Gasteiger charge is 1.92. The van der Waals surface area contributed by atoms with Gasteiger partial charge >= 0.3 is 0 Å². The first-order valence-electron chi connectivity index (χ1n) is 3.07. The summed E-state index contributed by atoms with van der Waals surface area (Å²) in [6, 6.07) is 0. The Kier molecular flexibility index (Phi) is 10.6. The second kappa shape index (κ2) is 8.62. The molecular weight excluding hydrogens is 132 g/mol. The van der Waals surface area contributed by atoms with Gasteiger partial charge in [-0.1, -0.05) is 5.57 Å². The zero-order valence-electron chi connectivity index (χ0n) is 6.79. The Labute approximate surface area is 61.9 Å².